The zero-order chi connectivity index (χ0) is 11.4. The highest BCUT2D eigenvalue weighted by atomic mass is 15.0. The van der Waals surface area contributed by atoms with Crippen LogP contribution in [-0.2, 0) is 6.54 Å². The van der Waals surface area contributed by atoms with E-state index in [4.69, 9.17) is 0 Å². The minimum Gasteiger partial charge on any atom is -0.312 e. The van der Waals surface area contributed by atoms with Gasteiger partial charge in [-0.2, -0.15) is 0 Å². The van der Waals surface area contributed by atoms with Crippen molar-refractivity contribution in [1.82, 2.24) is 10.2 Å². The summed E-state index contributed by atoms with van der Waals surface area (Å²) in [5.41, 5.74) is 3.06. The maximum absolute atomic E-state index is 3.52. The molecule has 0 saturated heterocycles. The summed E-state index contributed by atoms with van der Waals surface area (Å²) in [6.45, 7) is 3.38. The second kappa shape index (κ2) is 5.46. The molecule has 2 heteroatoms. The van der Waals surface area contributed by atoms with Crippen LogP contribution >= 0.6 is 0 Å². The third-order valence-corrected chi connectivity index (χ3v) is 3.36. The Kier molecular flexibility index (Phi) is 3.97. The Morgan fingerprint density at radius 2 is 2.12 bits per heavy atom. The van der Waals surface area contributed by atoms with Crippen molar-refractivity contribution in [1.29, 1.82) is 0 Å². The molecule has 1 unspecified atom stereocenters. The van der Waals surface area contributed by atoms with Crippen LogP contribution in [0.3, 0.4) is 0 Å². The van der Waals surface area contributed by atoms with Gasteiger partial charge in [0.1, 0.15) is 0 Å². The molecule has 1 aliphatic heterocycles. The molecule has 0 spiro atoms. The second-order valence-corrected chi connectivity index (χ2v) is 4.97. The first-order valence-corrected chi connectivity index (χ1v) is 6.20. The fraction of sp³-hybridized carbons (Fsp3) is 0.571. The quantitative estimate of drug-likeness (QED) is 0.833. The minimum absolute atomic E-state index is 0.713. The van der Waals surface area contributed by atoms with Crippen LogP contribution in [0.5, 0.6) is 0 Å². The largest absolute Gasteiger partial charge is 0.312 e. The molecule has 0 radical (unpaired) electrons. The first-order chi connectivity index (χ1) is 7.77. The van der Waals surface area contributed by atoms with Crippen LogP contribution in [-0.4, -0.2) is 32.1 Å². The molecule has 0 aliphatic carbocycles. The van der Waals surface area contributed by atoms with Gasteiger partial charge in [-0.05, 0) is 50.5 Å². The predicted molar refractivity (Wildman–Crippen MR) is 68.7 cm³/mol. The van der Waals surface area contributed by atoms with Crippen molar-refractivity contribution in [2.75, 3.05) is 27.2 Å². The van der Waals surface area contributed by atoms with Crippen LogP contribution in [0.4, 0.5) is 0 Å². The van der Waals surface area contributed by atoms with E-state index in [1.807, 2.05) is 0 Å². The van der Waals surface area contributed by atoms with E-state index in [-0.39, 0.29) is 0 Å². The lowest BCUT2D eigenvalue weighted by molar-refractivity contribution is 0.378. The molecule has 0 fully saturated rings. The molecule has 1 atom stereocenters. The molecule has 0 bridgehead atoms. The fourth-order valence-corrected chi connectivity index (χ4v) is 2.50. The number of rotatable bonds is 4. The Hall–Kier alpha value is -0.860. The van der Waals surface area contributed by atoms with Gasteiger partial charge in [0.15, 0.2) is 0 Å². The highest BCUT2D eigenvalue weighted by Gasteiger charge is 2.18. The number of nitrogens with zero attached hydrogens (tertiary/aromatic N) is 1. The summed E-state index contributed by atoms with van der Waals surface area (Å²) < 4.78 is 0. The van der Waals surface area contributed by atoms with Gasteiger partial charge < -0.3 is 10.2 Å². The lowest BCUT2D eigenvalue weighted by Gasteiger charge is -2.26. The Morgan fingerprint density at radius 3 is 2.94 bits per heavy atom. The Labute approximate surface area is 98.7 Å². The number of benzene rings is 1. The van der Waals surface area contributed by atoms with Gasteiger partial charge >= 0.3 is 0 Å². The van der Waals surface area contributed by atoms with Crippen molar-refractivity contribution < 1.29 is 0 Å². The fourth-order valence-electron chi connectivity index (χ4n) is 2.50. The van der Waals surface area contributed by atoms with Crippen molar-refractivity contribution in [2.45, 2.75) is 25.3 Å². The second-order valence-electron chi connectivity index (χ2n) is 4.97. The SMILES string of the molecule is CN(C)CCCC1CNCc2ccccc21. The van der Waals surface area contributed by atoms with E-state index in [9.17, 15) is 0 Å². The van der Waals surface area contributed by atoms with Gasteiger partial charge in [-0.15, -0.1) is 0 Å². The summed E-state index contributed by atoms with van der Waals surface area (Å²) in [6.07, 6.45) is 2.58. The highest BCUT2D eigenvalue weighted by molar-refractivity contribution is 5.32. The Bertz CT molecular complexity index is 333. The third-order valence-electron chi connectivity index (χ3n) is 3.36. The summed E-state index contributed by atoms with van der Waals surface area (Å²) in [5, 5.41) is 3.52. The Morgan fingerprint density at radius 1 is 1.31 bits per heavy atom. The normalized spacial score (nSPS) is 19.8. The lowest BCUT2D eigenvalue weighted by Crippen LogP contribution is -2.28. The van der Waals surface area contributed by atoms with E-state index >= 15 is 0 Å². The molecule has 2 nitrogen and oxygen atoms in total. The monoisotopic (exact) mass is 218 g/mol. The van der Waals surface area contributed by atoms with E-state index in [0.717, 1.165) is 13.1 Å². The smallest absolute Gasteiger partial charge is 0.0208 e. The van der Waals surface area contributed by atoms with E-state index in [0.29, 0.717) is 5.92 Å². The molecule has 1 aliphatic rings. The van der Waals surface area contributed by atoms with Gasteiger partial charge in [-0.1, -0.05) is 24.3 Å². The first-order valence-electron chi connectivity index (χ1n) is 6.20. The number of hydrogen-bond donors (Lipinski definition) is 1. The maximum Gasteiger partial charge on any atom is 0.0208 e. The van der Waals surface area contributed by atoms with E-state index in [1.165, 1.54) is 24.9 Å². The molecule has 2 rings (SSSR count). The number of fused-ring (bicyclic) bond motifs is 1. The molecule has 88 valence electrons. The topological polar surface area (TPSA) is 15.3 Å². The highest BCUT2D eigenvalue weighted by Crippen LogP contribution is 2.27. The van der Waals surface area contributed by atoms with Crippen molar-refractivity contribution in [2.24, 2.45) is 0 Å². The summed E-state index contributed by atoms with van der Waals surface area (Å²) in [7, 11) is 4.29. The average Bonchev–Trinajstić information content (AvgIpc) is 2.29. The molecule has 0 amide bonds. The van der Waals surface area contributed by atoms with Crippen molar-refractivity contribution >= 4 is 0 Å². The van der Waals surface area contributed by atoms with E-state index < -0.39 is 0 Å². The molecular formula is C14H22N2. The van der Waals surface area contributed by atoms with Crippen molar-refractivity contribution in [3.63, 3.8) is 0 Å². The Balaban J connectivity index is 1.96. The van der Waals surface area contributed by atoms with Gasteiger partial charge in [-0.25, -0.2) is 0 Å². The zero-order valence-corrected chi connectivity index (χ0v) is 10.4. The van der Waals surface area contributed by atoms with Crippen LogP contribution in [0.15, 0.2) is 24.3 Å². The van der Waals surface area contributed by atoms with Gasteiger partial charge in [-0.3, -0.25) is 0 Å². The van der Waals surface area contributed by atoms with Crippen molar-refractivity contribution in [3.8, 4) is 0 Å². The minimum atomic E-state index is 0.713. The van der Waals surface area contributed by atoms with Crippen LogP contribution in [0.2, 0.25) is 0 Å². The number of hydrogen-bond acceptors (Lipinski definition) is 2. The van der Waals surface area contributed by atoms with Gasteiger partial charge in [0, 0.05) is 13.1 Å². The van der Waals surface area contributed by atoms with E-state index in [1.54, 1.807) is 5.56 Å². The molecule has 0 aromatic heterocycles. The molecule has 1 N–H and O–H groups in total. The van der Waals surface area contributed by atoms with Crippen LogP contribution in [0.1, 0.15) is 29.9 Å². The van der Waals surface area contributed by atoms with Gasteiger partial charge in [0.05, 0.1) is 0 Å². The summed E-state index contributed by atoms with van der Waals surface area (Å²) in [5.74, 6) is 0.713. The van der Waals surface area contributed by atoms with Crippen molar-refractivity contribution in [3.05, 3.63) is 35.4 Å². The first kappa shape index (κ1) is 11.6. The summed E-state index contributed by atoms with van der Waals surface area (Å²) in [6, 6.07) is 8.86. The average molecular weight is 218 g/mol. The molecule has 0 saturated carbocycles. The van der Waals surface area contributed by atoms with Crippen LogP contribution < -0.4 is 5.32 Å². The molecular weight excluding hydrogens is 196 g/mol. The van der Waals surface area contributed by atoms with Gasteiger partial charge in [0.25, 0.3) is 0 Å². The molecule has 1 aromatic rings. The number of nitrogens with one attached hydrogen (secondary N) is 1. The standard InChI is InChI=1S/C14H22N2/c1-16(2)9-5-7-13-11-15-10-12-6-3-4-8-14(12)13/h3-4,6,8,13,15H,5,7,9-11H2,1-2H3. The lowest BCUT2D eigenvalue weighted by atomic mass is 9.87. The summed E-state index contributed by atoms with van der Waals surface area (Å²) in [4.78, 5) is 2.27. The molecule has 1 heterocycles. The predicted octanol–water partition coefficient (Wildman–Crippen LogP) is 2.22. The van der Waals surface area contributed by atoms with E-state index in [2.05, 4.69) is 48.6 Å². The maximum atomic E-state index is 3.52. The van der Waals surface area contributed by atoms with Crippen LogP contribution in [0, 0.1) is 0 Å². The zero-order valence-electron chi connectivity index (χ0n) is 10.4. The van der Waals surface area contributed by atoms with Crippen LogP contribution in [0.25, 0.3) is 0 Å². The summed E-state index contributed by atoms with van der Waals surface area (Å²) >= 11 is 0. The third kappa shape index (κ3) is 2.83. The molecule has 16 heavy (non-hydrogen) atoms. The molecule has 1 aromatic carbocycles. The van der Waals surface area contributed by atoms with Gasteiger partial charge in [0.2, 0.25) is 0 Å².